The van der Waals surface area contributed by atoms with Crippen molar-refractivity contribution in [3.8, 4) is 11.1 Å². The molecule has 12 nitrogen and oxygen atoms in total. The van der Waals surface area contributed by atoms with Crippen LogP contribution in [0, 0.1) is 12.7 Å². The first kappa shape index (κ1) is 29.8. The summed E-state index contributed by atoms with van der Waals surface area (Å²) in [6.07, 6.45) is 0.827. The lowest BCUT2D eigenvalue weighted by Crippen LogP contribution is -2.30. The highest BCUT2D eigenvalue weighted by atomic mass is 32.2. The number of aliphatic carboxylic acids is 1. The smallest absolute Gasteiger partial charge is 0.305 e. The van der Waals surface area contributed by atoms with Crippen LogP contribution in [0.5, 0.6) is 0 Å². The minimum absolute atomic E-state index is 0.0491. The van der Waals surface area contributed by atoms with E-state index in [1.54, 1.807) is 25.1 Å². The van der Waals surface area contributed by atoms with Gasteiger partial charge in [-0.25, -0.2) is 22.5 Å². The predicted molar refractivity (Wildman–Crippen MR) is 142 cm³/mol. The molecule has 0 radical (unpaired) electrons. The first-order valence-corrected chi connectivity index (χ1v) is 13.8. The fourth-order valence-electron chi connectivity index (χ4n) is 4.14. The molecular formula is C25H31FN6O6S. The van der Waals surface area contributed by atoms with Gasteiger partial charge in [0.15, 0.2) is 5.82 Å². The van der Waals surface area contributed by atoms with E-state index in [9.17, 15) is 27.8 Å². The van der Waals surface area contributed by atoms with Crippen molar-refractivity contribution in [2.45, 2.75) is 51.7 Å². The molecule has 0 aliphatic carbocycles. The highest BCUT2D eigenvalue weighted by molar-refractivity contribution is 7.92. The Morgan fingerprint density at radius 2 is 1.85 bits per heavy atom. The van der Waals surface area contributed by atoms with Gasteiger partial charge in [0.05, 0.1) is 30.6 Å². The Balaban J connectivity index is 2.29. The Morgan fingerprint density at radius 1 is 1.21 bits per heavy atom. The number of anilines is 2. The summed E-state index contributed by atoms with van der Waals surface area (Å²) in [5, 5.41) is 40.4. The van der Waals surface area contributed by atoms with Crippen LogP contribution < -0.4 is 4.31 Å². The number of hydrogen-bond acceptors (Lipinski definition) is 9. The van der Waals surface area contributed by atoms with Crippen molar-refractivity contribution in [1.82, 2.24) is 25.2 Å². The molecule has 1 aromatic carbocycles. The van der Waals surface area contributed by atoms with Gasteiger partial charge in [0, 0.05) is 24.6 Å². The monoisotopic (exact) mass is 562 g/mol. The Morgan fingerprint density at radius 3 is 2.36 bits per heavy atom. The number of rotatable bonds is 11. The number of pyridine rings is 1. The summed E-state index contributed by atoms with van der Waals surface area (Å²) in [5.41, 5.74) is 2.51. The average Bonchev–Trinajstić information content (AvgIpc) is 3.23. The summed E-state index contributed by atoms with van der Waals surface area (Å²) in [4.78, 5) is 15.6. The van der Waals surface area contributed by atoms with Gasteiger partial charge < -0.3 is 15.3 Å². The highest BCUT2D eigenvalue weighted by Crippen LogP contribution is 2.40. The van der Waals surface area contributed by atoms with Crippen LogP contribution in [0.3, 0.4) is 0 Å². The van der Waals surface area contributed by atoms with Gasteiger partial charge in [0.2, 0.25) is 10.0 Å². The topological polar surface area (TPSA) is 172 Å². The first-order chi connectivity index (χ1) is 18.2. The average molecular weight is 563 g/mol. The van der Waals surface area contributed by atoms with E-state index in [2.05, 4.69) is 15.5 Å². The maximum absolute atomic E-state index is 13.8. The molecule has 2 atom stereocenters. The van der Waals surface area contributed by atoms with Crippen LogP contribution in [0.4, 0.5) is 16.2 Å². The molecule has 3 N–H and O–H groups in total. The van der Waals surface area contributed by atoms with Gasteiger partial charge in [0.25, 0.3) is 5.95 Å². The molecule has 39 heavy (non-hydrogen) atoms. The molecule has 14 heteroatoms. The standard InChI is InChI=1S/C25H31FN6O6S/c1-14(2)23-20(11-10-18(33)12-19(34)13-21(35)36)22(16-6-8-17(26)9-7-16)15(3)24(27-23)32(39(5,37)38)25-28-29-30-31(25)4/h6-11,14,18-19,33-34H,12-13H2,1-5H3,(H,35,36)/t18-,19-/m1/s1. The number of carboxylic acid groups (broad SMARTS) is 1. The number of aliphatic hydroxyl groups excluding tert-OH is 2. The number of tetrazole rings is 1. The van der Waals surface area contributed by atoms with Crippen LogP contribution in [0.2, 0.25) is 0 Å². The SMILES string of the molecule is Cc1c(N(c2nnnn2C)S(C)(=O)=O)nc(C(C)C)c(C=C[C@@H](O)C[C@@H](O)CC(=O)O)c1-c1ccc(F)cc1. The number of carboxylic acids is 1. The van der Waals surface area contributed by atoms with E-state index in [0.717, 1.165) is 10.6 Å². The number of carbonyl (C=O) groups is 1. The Labute approximate surface area is 225 Å². The molecule has 0 bridgehead atoms. The molecule has 0 fully saturated rings. The minimum Gasteiger partial charge on any atom is -0.481 e. The third-order valence-corrected chi connectivity index (χ3v) is 6.87. The van der Waals surface area contributed by atoms with Gasteiger partial charge in [-0.15, -0.1) is 0 Å². The van der Waals surface area contributed by atoms with Crippen molar-refractivity contribution in [3.05, 3.63) is 53.0 Å². The summed E-state index contributed by atoms with van der Waals surface area (Å²) in [5.74, 6) is -1.93. The molecule has 0 aliphatic heterocycles. The van der Waals surface area contributed by atoms with Gasteiger partial charge >= 0.3 is 5.97 Å². The molecule has 3 rings (SSSR count). The first-order valence-electron chi connectivity index (χ1n) is 12.0. The van der Waals surface area contributed by atoms with Crippen molar-refractivity contribution >= 4 is 33.8 Å². The molecule has 0 saturated carbocycles. The zero-order valence-electron chi connectivity index (χ0n) is 22.1. The van der Waals surface area contributed by atoms with Crippen LogP contribution in [0.15, 0.2) is 30.3 Å². The molecule has 0 amide bonds. The van der Waals surface area contributed by atoms with E-state index in [4.69, 9.17) is 10.1 Å². The second kappa shape index (κ2) is 12.0. The molecule has 3 aromatic rings. The van der Waals surface area contributed by atoms with Crippen molar-refractivity contribution in [2.75, 3.05) is 10.6 Å². The largest absolute Gasteiger partial charge is 0.481 e. The number of aliphatic hydroxyl groups is 2. The van der Waals surface area contributed by atoms with E-state index in [1.807, 2.05) is 13.8 Å². The van der Waals surface area contributed by atoms with Gasteiger partial charge in [-0.1, -0.05) is 43.2 Å². The van der Waals surface area contributed by atoms with E-state index < -0.39 is 40.4 Å². The van der Waals surface area contributed by atoms with Gasteiger partial charge in [-0.2, -0.15) is 4.31 Å². The number of nitrogens with zero attached hydrogens (tertiary/aromatic N) is 6. The fraction of sp³-hybridized carbons (Fsp3) is 0.400. The second-order valence-corrected chi connectivity index (χ2v) is 11.3. The van der Waals surface area contributed by atoms with Crippen molar-refractivity contribution in [2.24, 2.45) is 7.05 Å². The number of hydrogen-bond donors (Lipinski definition) is 3. The maximum Gasteiger partial charge on any atom is 0.305 e. The van der Waals surface area contributed by atoms with Gasteiger partial charge in [0.1, 0.15) is 5.82 Å². The fourth-order valence-corrected chi connectivity index (χ4v) is 5.08. The molecule has 2 heterocycles. The third-order valence-electron chi connectivity index (χ3n) is 5.87. The highest BCUT2D eigenvalue weighted by Gasteiger charge is 2.31. The molecule has 0 unspecified atom stereocenters. The molecule has 2 aromatic heterocycles. The predicted octanol–water partition coefficient (Wildman–Crippen LogP) is 2.54. The van der Waals surface area contributed by atoms with Crippen molar-refractivity contribution in [1.29, 1.82) is 0 Å². The Hall–Kier alpha value is -3.75. The summed E-state index contributed by atoms with van der Waals surface area (Å²) < 4.78 is 42.0. The van der Waals surface area contributed by atoms with Gasteiger partial charge in [-0.3, -0.25) is 4.79 Å². The zero-order chi connectivity index (χ0) is 29.1. The molecule has 210 valence electrons. The summed E-state index contributed by atoms with van der Waals surface area (Å²) >= 11 is 0. The molecular weight excluding hydrogens is 531 g/mol. The quantitative estimate of drug-likeness (QED) is 0.315. The Kier molecular flexibility index (Phi) is 9.14. The summed E-state index contributed by atoms with van der Waals surface area (Å²) in [6, 6.07) is 5.64. The molecule has 0 spiro atoms. The van der Waals surface area contributed by atoms with Crippen LogP contribution in [0.1, 0.15) is 49.4 Å². The minimum atomic E-state index is -3.98. The molecule has 0 saturated heterocycles. The van der Waals surface area contributed by atoms with Crippen LogP contribution in [-0.2, 0) is 21.9 Å². The number of sulfonamides is 1. The van der Waals surface area contributed by atoms with E-state index in [1.165, 1.54) is 29.9 Å². The van der Waals surface area contributed by atoms with E-state index in [-0.39, 0.29) is 24.1 Å². The third kappa shape index (κ3) is 7.02. The number of aryl methyl sites for hydroxylation is 1. The zero-order valence-corrected chi connectivity index (χ0v) is 23.0. The lowest BCUT2D eigenvalue weighted by Gasteiger charge is -2.26. The van der Waals surface area contributed by atoms with Crippen LogP contribution >= 0.6 is 0 Å². The molecule has 0 aliphatic rings. The number of aromatic nitrogens is 5. The number of benzene rings is 1. The second-order valence-electron chi connectivity index (χ2n) is 9.44. The summed E-state index contributed by atoms with van der Waals surface area (Å²) in [6.45, 7) is 5.38. The van der Waals surface area contributed by atoms with Crippen LogP contribution in [0.25, 0.3) is 17.2 Å². The van der Waals surface area contributed by atoms with Crippen LogP contribution in [-0.4, -0.2) is 73.4 Å². The van der Waals surface area contributed by atoms with Crippen molar-refractivity contribution < 1.29 is 32.9 Å². The lowest BCUT2D eigenvalue weighted by molar-refractivity contribution is -0.139. The maximum atomic E-state index is 13.8. The van der Waals surface area contributed by atoms with Gasteiger partial charge in [-0.05, 0) is 46.5 Å². The van der Waals surface area contributed by atoms with Crippen molar-refractivity contribution in [3.63, 3.8) is 0 Å². The normalized spacial score (nSPS) is 13.7. The van der Waals surface area contributed by atoms with E-state index >= 15 is 0 Å². The Bertz CT molecular complexity index is 1470. The lowest BCUT2D eigenvalue weighted by atomic mass is 9.90. The van der Waals surface area contributed by atoms with E-state index in [0.29, 0.717) is 27.9 Å². The summed E-state index contributed by atoms with van der Waals surface area (Å²) in [7, 11) is -2.49. The number of halogens is 1.